The fraction of sp³-hybridized carbons (Fsp3) is 0.722. The van der Waals surface area contributed by atoms with Crippen LogP contribution in [-0.4, -0.2) is 35.5 Å². The summed E-state index contributed by atoms with van der Waals surface area (Å²) in [4.78, 5) is 21.1. The highest BCUT2D eigenvalue weighted by Gasteiger charge is 2.47. The van der Waals surface area contributed by atoms with Gasteiger partial charge in [0.2, 0.25) is 5.91 Å². The number of carbonyl (C=O) groups is 1. The highest BCUT2D eigenvalue weighted by Crippen LogP contribution is 2.47. The summed E-state index contributed by atoms with van der Waals surface area (Å²) >= 11 is 0. The van der Waals surface area contributed by atoms with Crippen LogP contribution in [0.15, 0.2) is 12.4 Å². The quantitative estimate of drug-likeness (QED) is 0.838. The first kappa shape index (κ1) is 15.1. The van der Waals surface area contributed by atoms with E-state index >= 15 is 0 Å². The number of carbonyl (C=O) groups excluding carboxylic acids is 1. The van der Waals surface area contributed by atoms with Crippen molar-refractivity contribution in [3.63, 3.8) is 0 Å². The third-order valence-electron chi connectivity index (χ3n) is 5.55. The van der Waals surface area contributed by atoms with Crippen molar-refractivity contribution in [2.45, 2.75) is 44.4 Å². The first-order valence-electron chi connectivity index (χ1n) is 9.10. The van der Waals surface area contributed by atoms with Gasteiger partial charge in [-0.2, -0.15) is 0 Å². The molecule has 0 bridgehead atoms. The SMILES string of the molecule is O=C(NCCc1cnc(C2CC2)nc1)[C@@H]1C[C@H]1C1CCNCC1. The van der Waals surface area contributed by atoms with E-state index in [1.165, 1.54) is 25.7 Å². The number of hydrogen-bond acceptors (Lipinski definition) is 4. The van der Waals surface area contributed by atoms with Crippen molar-refractivity contribution in [1.82, 2.24) is 20.6 Å². The van der Waals surface area contributed by atoms with E-state index in [2.05, 4.69) is 20.6 Å². The van der Waals surface area contributed by atoms with Gasteiger partial charge in [-0.25, -0.2) is 9.97 Å². The Kier molecular flexibility index (Phi) is 4.29. The molecule has 0 spiro atoms. The lowest BCUT2D eigenvalue weighted by molar-refractivity contribution is -0.122. The minimum Gasteiger partial charge on any atom is -0.356 e. The molecule has 124 valence electrons. The fourth-order valence-electron chi connectivity index (χ4n) is 3.82. The van der Waals surface area contributed by atoms with Crippen LogP contribution in [-0.2, 0) is 11.2 Å². The zero-order valence-electron chi connectivity index (χ0n) is 13.6. The monoisotopic (exact) mass is 314 g/mol. The summed E-state index contributed by atoms with van der Waals surface area (Å²) in [5.41, 5.74) is 1.11. The summed E-state index contributed by atoms with van der Waals surface area (Å²) in [6.07, 6.45) is 10.7. The van der Waals surface area contributed by atoms with E-state index in [9.17, 15) is 4.79 Å². The van der Waals surface area contributed by atoms with Gasteiger partial charge in [0.15, 0.2) is 0 Å². The molecule has 4 rings (SSSR count). The molecule has 2 aliphatic carbocycles. The van der Waals surface area contributed by atoms with Gasteiger partial charge in [0.25, 0.3) is 0 Å². The van der Waals surface area contributed by atoms with Gasteiger partial charge in [-0.05, 0) is 69.0 Å². The first-order chi connectivity index (χ1) is 11.3. The van der Waals surface area contributed by atoms with Crippen LogP contribution >= 0.6 is 0 Å². The Hall–Kier alpha value is -1.49. The molecule has 3 fully saturated rings. The Bertz CT molecular complexity index is 549. The fourth-order valence-corrected chi connectivity index (χ4v) is 3.82. The number of piperidine rings is 1. The van der Waals surface area contributed by atoms with Gasteiger partial charge in [0.1, 0.15) is 5.82 Å². The maximum absolute atomic E-state index is 12.2. The van der Waals surface area contributed by atoms with Crippen molar-refractivity contribution in [1.29, 1.82) is 0 Å². The molecule has 0 aromatic carbocycles. The van der Waals surface area contributed by atoms with Crippen LogP contribution < -0.4 is 10.6 Å². The molecular weight excluding hydrogens is 288 g/mol. The summed E-state index contributed by atoms with van der Waals surface area (Å²) in [5.74, 6) is 3.51. The molecule has 0 radical (unpaired) electrons. The van der Waals surface area contributed by atoms with Crippen molar-refractivity contribution < 1.29 is 4.79 Å². The molecule has 1 amide bonds. The topological polar surface area (TPSA) is 66.9 Å². The molecule has 23 heavy (non-hydrogen) atoms. The smallest absolute Gasteiger partial charge is 0.223 e. The zero-order valence-corrected chi connectivity index (χ0v) is 13.6. The van der Waals surface area contributed by atoms with E-state index in [-0.39, 0.29) is 11.8 Å². The van der Waals surface area contributed by atoms with Crippen LogP contribution in [0.1, 0.15) is 49.4 Å². The molecular formula is C18H26N4O. The molecule has 5 heteroatoms. The van der Waals surface area contributed by atoms with E-state index in [0.717, 1.165) is 43.2 Å². The minimum absolute atomic E-state index is 0.254. The van der Waals surface area contributed by atoms with E-state index in [1.54, 1.807) is 0 Å². The second-order valence-electron chi connectivity index (χ2n) is 7.36. The van der Waals surface area contributed by atoms with Gasteiger partial charge >= 0.3 is 0 Å². The highest BCUT2D eigenvalue weighted by atomic mass is 16.2. The van der Waals surface area contributed by atoms with Crippen LogP contribution in [0.25, 0.3) is 0 Å². The van der Waals surface area contributed by atoms with Crippen LogP contribution in [0.5, 0.6) is 0 Å². The zero-order chi connectivity index (χ0) is 15.6. The van der Waals surface area contributed by atoms with Gasteiger partial charge in [-0.3, -0.25) is 4.79 Å². The molecule has 3 aliphatic rings. The van der Waals surface area contributed by atoms with Gasteiger partial charge in [0, 0.05) is 30.8 Å². The minimum atomic E-state index is 0.254. The second-order valence-corrected chi connectivity index (χ2v) is 7.36. The lowest BCUT2D eigenvalue weighted by Crippen LogP contribution is -2.31. The first-order valence-corrected chi connectivity index (χ1v) is 9.10. The standard InChI is InChI=1S/C18H26N4O/c23-18(16-9-15(16)13-4-6-19-7-5-13)20-8-3-12-10-21-17(22-11-12)14-1-2-14/h10-11,13-16,19H,1-9H2,(H,20,23)/t15-,16+/m0/s1. The van der Waals surface area contributed by atoms with Gasteiger partial charge in [-0.15, -0.1) is 0 Å². The van der Waals surface area contributed by atoms with Crippen LogP contribution in [0.4, 0.5) is 0 Å². The second kappa shape index (κ2) is 6.56. The average molecular weight is 314 g/mol. The lowest BCUT2D eigenvalue weighted by atomic mass is 9.92. The number of amides is 1. The third kappa shape index (κ3) is 3.71. The molecule has 2 heterocycles. The number of aromatic nitrogens is 2. The largest absolute Gasteiger partial charge is 0.356 e. The molecule has 2 N–H and O–H groups in total. The van der Waals surface area contributed by atoms with Crippen molar-refractivity contribution in [3.8, 4) is 0 Å². The highest BCUT2D eigenvalue weighted by molar-refractivity contribution is 5.81. The maximum atomic E-state index is 12.2. The summed E-state index contributed by atoms with van der Waals surface area (Å²) in [6.45, 7) is 2.93. The van der Waals surface area contributed by atoms with E-state index in [1.807, 2.05) is 12.4 Å². The van der Waals surface area contributed by atoms with Gasteiger partial charge in [0.05, 0.1) is 0 Å². The van der Waals surface area contributed by atoms with Crippen LogP contribution in [0.3, 0.4) is 0 Å². The molecule has 1 aromatic heterocycles. The number of rotatable bonds is 6. The van der Waals surface area contributed by atoms with Crippen molar-refractivity contribution in [2.24, 2.45) is 17.8 Å². The van der Waals surface area contributed by atoms with Crippen molar-refractivity contribution in [2.75, 3.05) is 19.6 Å². The number of nitrogens with zero attached hydrogens (tertiary/aromatic N) is 2. The van der Waals surface area contributed by atoms with Gasteiger partial charge < -0.3 is 10.6 Å². The summed E-state index contributed by atoms with van der Waals surface area (Å²) in [5, 5.41) is 6.50. The lowest BCUT2D eigenvalue weighted by Gasteiger charge is -2.22. The van der Waals surface area contributed by atoms with Crippen molar-refractivity contribution >= 4 is 5.91 Å². The van der Waals surface area contributed by atoms with Gasteiger partial charge in [-0.1, -0.05) is 0 Å². The Morgan fingerprint density at radius 1 is 1.17 bits per heavy atom. The normalized spacial score (nSPS) is 27.7. The molecule has 1 aromatic rings. The Morgan fingerprint density at radius 2 is 1.91 bits per heavy atom. The third-order valence-corrected chi connectivity index (χ3v) is 5.55. The van der Waals surface area contributed by atoms with Crippen LogP contribution in [0.2, 0.25) is 0 Å². The van der Waals surface area contributed by atoms with Crippen molar-refractivity contribution in [3.05, 3.63) is 23.8 Å². The number of nitrogens with one attached hydrogen (secondary N) is 2. The van der Waals surface area contributed by atoms with E-state index < -0.39 is 0 Å². The molecule has 1 saturated heterocycles. The molecule has 2 atom stereocenters. The number of hydrogen-bond donors (Lipinski definition) is 2. The molecule has 5 nitrogen and oxygen atoms in total. The predicted octanol–water partition coefficient (Wildman–Crippen LogP) is 1.65. The van der Waals surface area contributed by atoms with E-state index in [0.29, 0.717) is 18.4 Å². The molecule has 0 unspecified atom stereocenters. The van der Waals surface area contributed by atoms with Crippen LogP contribution in [0, 0.1) is 17.8 Å². The summed E-state index contributed by atoms with van der Waals surface area (Å²) in [7, 11) is 0. The predicted molar refractivity (Wildman–Crippen MR) is 87.9 cm³/mol. The Labute approximate surface area is 137 Å². The molecule has 1 aliphatic heterocycles. The summed E-state index contributed by atoms with van der Waals surface area (Å²) in [6, 6.07) is 0. The Balaban J connectivity index is 1.18. The molecule has 2 saturated carbocycles. The maximum Gasteiger partial charge on any atom is 0.223 e. The average Bonchev–Trinajstić information content (AvgIpc) is 3.49. The van der Waals surface area contributed by atoms with E-state index in [4.69, 9.17) is 0 Å². The summed E-state index contributed by atoms with van der Waals surface area (Å²) < 4.78 is 0. The Morgan fingerprint density at radius 3 is 2.61 bits per heavy atom.